The number of pyridine rings is 1. The summed E-state index contributed by atoms with van der Waals surface area (Å²) in [5.74, 6) is 0.868. The lowest BCUT2D eigenvalue weighted by Crippen LogP contribution is -2.14. The van der Waals surface area contributed by atoms with E-state index in [2.05, 4.69) is 16.4 Å². The molecule has 20 heavy (non-hydrogen) atoms. The number of aromatic nitrogens is 1. The van der Waals surface area contributed by atoms with Gasteiger partial charge in [0, 0.05) is 18.3 Å². The van der Waals surface area contributed by atoms with Crippen LogP contribution in [0, 0.1) is 0 Å². The maximum absolute atomic E-state index is 5.68. The van der Waals surface area contributed by atoms with Crippen LogP contribution in [0.4, 0.5) is 5.69 Å². The number of hydrogen-bond donors (Lipinski definition) is 2. The van der Waals surface area contributed by atoms with Crippen LogP contribution < -0.4 is 15.8 Å². The number of anilines is 1. The molecule has 0 bridgehead atoms. The van der Waals surface area contributed by atoms with Crippen LogP contribution in [-0.4, -0.2) is 23.6 Å². The van der Waals surface area contributed by atoms with Gasteiger partial charge < -0.3 is 15.8 Å². The SMILES string of the molecule is COc1cccc(CCNc2cnccc2C(N)=S)c1. The molecule has 2 aromatic rings. The highest BCUT2D eigenvalue weighted by molar-refractivity contribution is 7.80. The van der Waals surface area contributed by atoms with E-state index in [9.17, 15) is 0 Å². The number of ether oxygens (including phenoxy) is 1. The summed E-state index contributed by atoms with van der Waals surface area (Å²) < 4.78 is 5.21. The van der Waals surface area contributed by atoms with E-state index in [-0.39, 0.29) is 0 Å². The van der Waals surface area contributed by atoms with Crippen LogP contribution in [0.2, 0.25) is 0 Å². The zero-order valence-electron chi connectivity index (χ0n) is 11.3. The number of thiocarbonyl (C=S) groups is 1. The summed E-state index contributed by atoms with van der Waals surface area (Å²) in [6.45, 7) is 0.772. The third-order valence-corrected chi connectivity index (χ3v) is 3.17. The van der Waals surface area contributed by atoms with E-state index in [0.717, 1.165) is 30.0 Å². The molecular weight excluding hydrogens is 270 g/mol. The van der Waals surface area contributed by atoms with Gasteiger partial charge in [-0.2, -0.15) is 0 Å². The Labute approximate surface area is 124 Å². The number of rotatable bonds is 6. The van der Waals surface area contributed by atoms with E-state index in [0.29, 0.717) is 4.99 Å². The topological polar surface area (TPSA) is 60.2 Å². The first-order valence-electron chi connectivity index (χ1n) is 6.31. The number of nitrogens with one attached hydrogen (secondary N) is 1. The number of nitrogens with zero attached hydrogens (tertiary/aromatic N) is 1. The number of hydrogen-bond acceptors (Lipinski definition) is 4. The van der Waals surface area contributed by atoms with E-state index in [1.807, 2.05) is 24.3 Å². The average molecular weight is 287 g/mol. The van der Waals surface area contributed by atoms with Gasteiger partial charge in [0.25, 0.3) is 0 Å². The molecule has 0 saturated heterocycles. The van der Waals surface area contributed by atoms with Crippen LogP contribution in [0.15, 0.2) is 42.7 Å². The van der Waals surface area contributed by atoms with Crippen molar-refractivity contribution in [3.8, 4) is 5.75 Å². The van der Waals surface area contributed by atoms with Gasteiger partial charge in [-0.3, -0.25) is 4.98 Å². The lowest BCUT2D eigenvalue weighted by molar-refractivity contribution is 0.414. The fraction of sp³-hybridized carbons (Fsp3) is 0.200. The summed E-state index contributed by atoms with van der Waals surface area (Å²) in [6.07, 6.45) is 4.30. The highest BCUT2D eigenvalue weighted by Gasteiger charge is 2.04. The molecule has 0 saturated carbocycles. The van der Waals surface area contributed by atoms with E-state index in [1.54, 1.807) is 19.5 Å². The predicted molar refractivity (Wildman–Crippen MR) is 85.3 cm³/mol. The minimum absolute atomic E-state index is 0.372. The van der Waals surface area contributed by atoms with Crippen molar-refractivity contribution in [2.45, 2.75) is 6.42 Å². The van der Waals surface area contributed by atoms with E-state index in [1.165, 1.54) is 5.56 Å². The molecule has 0 radical (unpaired) electrons. The second-order valence-electron chi connectivity index (χ2n) is 4.31. The normalized spacial score (nSPS) is 10.1. The third kappa shape index (κ3) is 3.68. The monoisotopic (exact) mass is 287 g/mol. The van der Waals surface area contributed by atoms with Gasteiger partial charge in [0.1, 0.15) is 10.7 Å². The first kappa shape index (κ1) is 14.3. The molecule has 5 heteroatoms. The van der Waals surface area contributed by atoms with Gasteiger partial charge in [-0.25, -0.2) is 0 Å². The van der Waals surface area contributed by atoms with Crippen molar-refractivity contribution < 1.29 is 4.74 Å². The lowest BCUT2D eigenvalue weighted by atomic mass is 10.1. The Bertz CT molecular complexity index is 601. The Morgan fingerprint density at radius 2 is 2.25 bits per heavy atom. The molecule has 104 valence electrons. The molecule has 0 atom stereocenters. The van der Waals surface area contributed by atoms with Gasteiger partial charge in [-0.1, -0.05) is 24.4 Å². The molecule has 0 aliphatic heterocycles. The second-order valence-corrected chi connectivity index (χ2v) is 4.75. The van der Waals surface area contributed by atoms with Gasteiger partial charge in [0.15, 0.2) is 0 Å². The second kappa shape index (κ2) is 6.86. The Kier molecular flexibility index (Phi) is 4.90. The maximum atomic E-state index is 5.68. The molecular formula is C15H17N3OS. The first-order chi connectivity index (χ1) is 9.70. The summed E-state index contributed by atoms with van der Waals surface area (Å²) in [6, 6.07) is 9.83. The van der Waals surface area contributed by atoms with E-state index >= 15 is 0 Å². The van der Waals surface area contributed by atoms with E-state index in [4.69, 9.17) is 22.7 Å². The average Bonchev–Trinajstić information content (AvgIpc) is 2.48. The Hall–Kier alpha value is -2.14. The fourth-order valence-electron chi connectivity index (χ4n) is 1.92. The fourth-order valence-corrected chi connectivity index (χ4v) is 2.10. The van der Waals surface area contributed by atoms with Crippen LogP contribution in [-0.2, 0) is 6.42 Å². The van der Waals surface area contributed by atoms with Crippen molar-refractivity contribution in [1.29, 1.82) is 0 Å². The Morgan fingerprint density at radius 1 is 1.40 bits per heavy atom. The molecule has 2 rings (SSSR count). The Morgan fingerprint density at radius 3 is 3.00 bits per heavy atom. The summed E-state index contributed by atoms with van der Waals surface area (Å²) in [5.41, 5.74) is 8.57. The van der Waals surface area contributed by atoms with E-state index < -0.39 is 0 Å². The third-order valence-electron chi connectivity index (χ3n) is 2.95. The minimum Gasteiger partial charge on any atom is -0.497 e. The highest BCUT2D eigenvalue weighted by atomic mass is 32.1. The minimum atomic E-state index is 0.372. The highest BCUT2D eigenvalue weighted by Crippen LogP contribution is 2.15. The number of nitrogens with two attached hydrogens (primary N) is 1. The smallest absolute Gasteiger partial charge is 0.119 e. The molecule has 1 aromatic carbocycles. The molecule has 0 fully saturated rings. The van der Waals surface area contributed by atoms with Crippen molar-refractivity contribution >= 4 is 22.9 Å². The lowest BCUT2D eigenvalue weighted by Gasteiger charge is -2.10. The number of methoxy groups -OCH3 is 1. The molecule has 0 amide bonds. The van der Waals surface area contributed by atoms with Gasteiger partial charge in [-0.05, 0) is 30.2 Å². The summed E-state index contributed by atoms with van der Waals surface area (Å²) in [5, 5.41) is 3.31. The van der Waals surface area contributed by atoms with Crippen molar-refractivity contribution in [2.75, 3.05) is 19.0 Å². The van der Waals surface area contributed by atoms with Gasteiger partial charge in [0.2, 0.25) is 0 Å². The van der Waals surface area contributed by atoms with Gasteiger partial charge in [-0.15, -0.1) is 0 Å². The molecule has 0 aliphatic carbocycles. The van der Waals surface area contributed by atoms with Crippen LogP contribution in [0.1, 0.15) is 11.1 Å². The molecule has 0 unspecified atom stereocenters. The molecule has 3 N–H and O–H groups in total. The first-order valence-corrected chi connectivity index (χ1v) is 6.72. The van der Waals surface area contributed by atoms with Gasteiger partial charge in [0.05, 0.1) is 19.0 Å². The summed E-state index contributed by atoms with van der Waals surface area (Å²) in [7, 11) is 1.67. The standard InChI is InChI=1S/C15H17N3OS/c1-19-12-4-2-3-11(9-12)5-8-18-14-10-17-7-6-13(14)15(16)20/h2-4,6-7,9-10,18H,5,8H2,1H3,(H2,16,20). The zero-order chi connectivity index (χ0) is 14.4. The summed E-state index contributed by atoms with van der Waals surface area (Å²) >= 11 is 5.02. The van der Waals surface area contributed by atoms with Crippen LogP contribution >= 0.6 is 12.2 Å². The van der Waals surface area contributed by atoms with Crippen molar-refractivity contribution in [2.24, 2.45) is 5.73 Å². The van der Waals surface area contributed by atoms with Crippen molar-refractivity contribution in [3.63, 3.8) is 0 Å². The van der Waals surface area contributed by atoms with Crippen molar-refractivity contribution in [1.82, 2.24) is 4.98 Å². The van der Waals surface area contributed by atoms with Crippen molar-refractivity contribution in [3.05, 3.63) is 53.9 Å². The molecule has 0 aliphatic rings. The predicted octanol–water partition coefficient (Wildman–Crippen LogP) is 2.38. The quantitative estimate of drug-likeness (QED) is 0.799. The zero-order valence-corrected chi connectivity index (χ0v) is 12.1. The largest absolute Gasteiger partial charge is 0.497 e. The molecule has 1 heterocycles. The number of benzene rings is 1. The molecule has 4 nitrogen and oxygen atoms in total. The van der Waals surface area contributed by atoms with Crippen LogP contribution in [0.3, 0.4) is 0 Å². The van der Waals surface area contributed by atoms with Crippen LogP contribution in [0.25, 0.3) is 0 Å². The summed E-state index contributed by atoms with van der Waals surface area (Å²) in [4.78, 5) is 4.45. The molecule has 0 spiro atoms. The molecule has 1 aromatic heterocycles. The van der Waals surface area contributed by atoms with Crippen LogP contribution in [0.5, 0.6) is 5.75 Å². The van der Waals surface area contributed by atoms with Gasteiger partial charge >= 0.3 is 0 Å². The Balaban J connectivity index is 1.97. The maximum Gasteiger partial charge on any atom is 0.119 e.